The molecule has 0 spiro atoms. The average molecular weight is 610 g/mol. The number of aryl methyl sites for hydroxylation is 3. The van der Waals surface area contributed by atoms with Crippen LogP contribution in [0.15, 0.2) is 71.6 Å². The number of benzene rings is 3. The summed E-state index contributed by atoms with van der Waals surface area (Å²) in [6.07, 6.45) is 4.37. The van der Waals surface area contributed by atoms with Crippen molar-refractivity contribution in [2.24, 2.45) is 0 Å². The third-order valence-corrected chi connectivity index (χ3v) is 9.89. The van der Waals surface area contributed by atoms with Gasteiger partial charge in [0.05, 0.1) is 10.6 Å². The summed E-state index contributed by atoms with van der Waals surface area (Å²) >= 11 is 6.21. The number of nitrogens with one attached hydrogen (secondary N) is 1. The Hall–Kier alpha value is -3.36. The topological polar surface area (TPSA) is 86.8 Å². The number of halogens is 1. The van der Waals surface area contributed by atoms with Gasteiger partial charge in [-0.1, -0.05) is 78.9 Å². The van der Waals surface area contributed by atoms with E-state index in [4.69, 9.17) is 11.6 Å². The van der Waals surface area contributed by atoms with Gasteiger partial charge in [0, 0.05) is 17.6 Å². The normalized spacial score (nSPS) is 14.4. The zero-order valence-electron chi connectivity index (χ0n) is 24.8. The molecule has 1 aliphatic carbocycles. The maximum atomic E-state index is 14.3. The van der Waals surface area contributed by atoms with Crippen molar-refractivity contribution < 1.29 is 18.0 Å². The first-order valence-corrected chi connectivity index (χ1v) is 16.3. The van der Waals surface area contributed by atoms with Gasteiger partial charge < -0.3 is 10.2 Å². The van der Waals surface area contributed by atoms with Crippen molar-refractivity contribution in [3.63, 3.8) is 0 Å². The van der Waals surface area contributed by atoms with Gasteiger partial charge in [-0.2, -0.15) is 0 Å². The van der Waals surface area contributed by atoms with Crippen molar-refractivity contribution in [1.82, 2.24) is 10.2 Å². The molecule has 2 amide bonds. The highest BCUT2D eigenvalue weighted by atomic mass is 35.5. The third-order valence-electron chi connectivity index (χ3n) is 7.88. The van der Waals surface area contributed by atoms with E-state index in [0.717, 1.165) is 46.7 Å². The summed E-state index contributed by atoms with van der Waals surface area (Å²) in [6.45, 7) is 7.20. The lowest BCUT2D eigenvalue weighted by molar-refractivity contribution is -0.140. The van der Waals surface area contributed by atoms with E-state index in [1.807, 2.05) is 45.0 Å². The number of hydrogen-bond acceptors (Lipinski definition) is 4. The maximum Gasteiger partial charge on any atom is 0.264 e. The Morgan fingerprint density at radius 1 is 0.929 bits per heavy atom. The SMILES string of the molecule is CC[C@@H](C(=O)NC1CCCC1)N(Cc1ccc(C)cc1)C(=O)CN(c1ccc(Cl)cc1C)S(=O)(=O)c1ccc(C)cc1. The zero-order valence-corrected chi connectivity index (χ0v) is 26.3. The molecule has 1 saturated carbocycles. The molecule has 3 aromatic carbocycles. The lowest BCUT2D eigenvalue weighted by atomic mass is 10.1. The monoisotopic (exact) mass is 609 g/mol. The largest absolute Gasteiger partial charge is 0.352 e. The molecule has 1 atom stereocenters. The van der Waals surface area contributed by atoms with E-state index in [1.54, 1.807) is 49.4 Å². The highest BCUT2D eigenvalue weighted by Crippen LogP contribution is 2.30. The molecule has 0 bridgehead atoms. The van der Waals surface area contributed by atoms with Crippen molar-refractivity contribution in [3.8, 4) is 0 Å². The van der Waals surface area contributed by atoms with Crippen LogP contribution in [-0.4, -0.2) is 43.8 Å². The van der Waals surface area contributed by atoms with Gasteiger partial charge in [-0.05, 0) is 81.5 Å². The molecular weight excluding hydrogens is 570 g/mol. The predicted octanol–water partition coefficient (Wildman–Crippen LogP) is 6.33. The molecule has 42 heavy (non-hydrogen) atoms. The smallest absolute Gasteiger partial charge is 0.264 e. The summed E-state index contributed by atoms with van der Waals surface area (Å²) in [5, 5.41) is 3.61. The predicted molar refractivity (Wildman–Crippen MR) is 168 cm³/mol. The van der Waals surface area contributed by atoms with Crippen LogP contribution in [0.4, 0.5) is 5.69 Å². The molecule has 7 nitrogen and oxygen atoms in total. The number of carbonyl (C=O) groups excluding carboxylic acids is 2. The van der Waals surface area contributed by atoms with Gasteiger partial charge in [0.2, 0.25) is 11.8 Å². The van der Waals surface area contributed by atoms with Crippen LogP contribution in [0.2, 0.25) is 5.02 Å². The summed E-state index contributed by atoms with van der Waals surface area (Å²) in [7, 11) is -4.14. The van der Waals surface area contributed by atoms with Crippen LogP contribution in [0.5, 0.6) is 0 Å². The Morgan fingerprint density at radius 3 is 2.10 bits per heavy atom. The standard InChI is InChI=1S/C33H40ClN3O4S/c1-5-30(33(39)35-28-8-6-7-9-28)36(21-26-14-10-23(2)11-15-26)32(38)22-37(31-19-16-27(34)20-25(31)4)42(40,41)29-17-12-24(3)13-18-29/h10-20,28,30H,5-9,21-22H2,1-4H3,(H,35,39)/t30-/m0/s1. The molecule has 0 unspecified atom stereocenters. The van der Waals surface area contributed by atoms with E-state index in [1.165, 1.54) is 4.90 Å². The second-order valence-electron chi connectivity index (χ2n) is 11.2. The van der Waals surface area contributed by atoms with Gasteiger partial charge in [0.1, 0.15) is 12.6 Å². The Morgan fingerprint density at radius 2 is 1.52 bits per heavy atom. The summed E-state index contributed by atoms with van der Waals surface area (Å²) in [4.78, 5) is 29.4. The lowest BCUT2D eigenvalue weighted by Gasteiger charge is -2.34. The van der Waals surface area contributed by atoms with Gasteiger partial charge in [0.15, 0.2) is 0 Å². The van der Waals surface area contributed by atoms with Crippen LogP contribution in [-0.2, 0) is 26.2 Å². The summed E-state index contributed by atoms with van der Waals surface area (Å²) < 4.78 is 29.3. The fourth-order valence-corrected chi connectivity index (χ4v) is 7.13. The van der Waals surface area contributed by atoms with E-state index >= 15 is 0 Å². The van der Waals surface area contributed by atoms with Crippen molar-refractivity contribution in [1.29, 1.82) is 0 Å². The van der Waals surface area contributed by atoms with Crippen molar-refractivity contribution in [2.75, 3.05) is 10.8 Å². The molecule has 9 heteroatoms. The van der Waals surface area contributed by atoms with Gasteiger partial charge >= 0.3 is 0 Å². The number of carbonyl (C=O) groups is 2. The average Bonchev–Trinajstić information content (AvgIpc) is 3.46. The fourth-order valence-electron chi connectivity index (χ4n) is 5.43. The maximum absolute atomic E-state index is 14.3. The van der Waals surface area contributed by atoms with Crippen LogP contribution in [0.3, 0.4) is 0 Å². The van der Waals surface area contributed by atoms with Crippen LogP contribution in [0.1, 0.15) is 61.3 Å². The molecule has 3 aromatic rings. The molecule has 0 aliphatic heterocycles. The summed E-state index contributed by atoms with van der Waals surface area (Å²) in [5.74, 6) is -0.672. The molecule has 0 radical (unpaired) electrons. The Balaban J connectivity index is 1.73. The number of sulfonamides is 1. The molecule has 1 fully saturated rings. The molecule has 0 saturated heterocycles. The van der Waals surface area contributed by atoms with Crippen LogP contribution >= 0.6 is 11.6 Å². The second kappa shape index (κ2) is 13.7. The van der Waals surface area contributed by atoms with Crippen LogP contribution < -0.4 is 9.62 Å². The zero-order chi connectivity index (χ0) is 30.4. The van der Waals surface area contributed by atoms with Gasteiger partial charge in [-0.15, -0.1) is 0 Å². The number of rotatable bonds is 11. The minimum atomic E-state index is -4.14. The molecule has 224 valence electrons. The summed E-state index contributed by atoms with van der Waals surface area (Å²) in [6, 6.07) is 18.6. The third kappa shape index (κ3) is 7.53. The number of hydrogen-bond donors (Lipinski definition) is 1. The Bertz CT molecular complexity index is 1500. The first-order valence-electron chi connectivity index (χ1n) is 14.5. The van der Waals surface area contributed by atoms with Gasteiger partial charge in [-0.3, -0.25) is 13.9 Å². The van der Waals surface area contributed by atoms with Crippen LogP contribution in [0, 0.1) is 20.8 Å². The van der Waals surface area contributed by atoms with Crippen LogP contribution in [0.25, 0.3) is 0 Å². The van der Waals surface area contributed by atoms with Gasteiger partial charge in [0.25, 0.3) is 10.0 Å². The van der Waals surface area contributed by atoms with E-state index in [9.17, 15) is 18.0 Å². The number of nitrogens with zero attached hydrogens (tertiary/aromatic N) is 2. The van der Waals surface area contributed by atoms with Crippen molar-refractivity contribution >= 4 is 39.1 Å². The molecule has 4 rings (SSSR count). The molecule has 0 heterocycles. The van der Waals surface area contributed by atoms with E-state index in [0.29, 0.717) is 22.7 Å². The minimum Gasteiger partial charge on any atom is -0.352 e. The highest BCUT2D eigenvalue weighted by molar-refractivity contribution is 7.92. The summed E-state index contributed by atoms with van der Waals surface area (Å²) in [5.41, 5.74) is 3.82. The Kier molecular flexibility index (Phi) is 10.3. The molecule has 0 aromatic heterocycles. The highest BCUT2D eigenvalue weighted by Gasteiger charge is 2.35. The number of amides is 2. The molecule has 1 N–H and O–H groups in total. The quantitative estimate of drug-likeness (QED) is 0.275. The van der Waals surface area contributed by atoms with E-state index < -0.39 is 28.5 Å². The van der Waals surface area contributed by atoms with Crippen molar-refractivity contribution in [3.05, 3.63) is 94.0 Å². The molecule has 1 aliphatic rings. The molecular formula is C33H40ClN3O4S. The Labute approximate surface area is 254 Å². The first kappa shape index (κ1) is 31.6. The second-order valence-corrected chi connectivity index (χ2v) is 13.5. The fraction of sp³-hybridized carbons (Fsp3) is 0.394. The van der Waals surface area contributed by atoms with E-state index in [-0.39, 0.29) is 23.4 Å². The number of anilines is 1. The van der Waals surface area contributed by atoms with Gasteiger partial charge in [-0.25, -0.2) is 8.42 Å². The lowest BCUT2D eigenvalue weighted by Crippen LogP contribution is -2.53. The first-order chi connectivity index (χ1) is 20.0. The minimum absolute atomic E-state index is 0.0753. The van der Waals surface area contributed by atoms with Crippen molar-refractivity contribution in [2.45, 2.75) is 83.3 Å². The van der Waals surface area contributed by atoms with E-state index in [2.05, 4.69) is 5.32 Å².